The summed E-state index contributed by atoms with van der Waals surface area (Å²) >= 11 is 0. The standard InChI is InChI=1S/C20H19N3O4S/c1-23(2)28(26,27)16-10-5-9-15(13-16)19(24)21-22-20(25)18-12-6-8-14-7-3-4-11-17(14)18/h3-13H,1-2H3,(H,21,24)(H,22,25). The number of carbonyl (C=O) groups is 2. The number of hydrogen-bond donors (Lipinski definition) is 2. The minimum absolute atomic E-state index is 0.00877. The Morgan fingerprint density at radius 1 is 0.821 bits per heavy atom. The Bertz CT molecular complexity index is 1150. The van der Waals surface area contributed by atoms with Gasteiger partial charge in [-0.25, -0.2) is 12.7 Å². The maximum atomic E-state index is 12.5. The number of nitrogens with one attached hydrogen (secondary N) is 2. The molecule has 0 aliphatic carbocycles. The van der Waals surface area contributed by atoms with Gasteiger partial charge in [-0.1, -0.05) is 42.5 Å². The fourth-order valence-electron chi connectivity index (χ4n) is 2.69. The molecule has 0 atom stereocenters. The molecule has 0 aliphatic rings. The van der Waals surface area contributed by atoms with Crippen LogP contribution in [0.2, 0.25) is 0 Å². The van der Waals surface area contributed by atoms with Crippen LogP contribution in [0.3, 0.4) is 0 Å². The second-order valence-corrected chi connectivity index (χ2v) is 8.40. The van der Waals surface area contributed by atoms with Crippen LogP contribution in [0.15, 0.2) is 71.6 Å². The third-order valence-electron chi connectivity index (χ3n) is 4.20. The molecule has 3 rings (SSSR count). The normalized spacial score (nSPS) is 11.4. The van der Waals surface area contributed by atoms with Gasteiger partial charge in [0.15, 0.2) is 0 Å². The van der Waals surface area contributed by atoms with E-state index in [1.807, 2.05) is 30.3 Å². The SMILES string of the molecule is CN(C)S(=O)(=O)c1cccc(C(=O)NNC(=O)c2cccc3ccccc23)c1. The lowest BCUT2D eigenvalue weighted by atomic mass is 10.0. The van der Waals surface area contributed by atoms with E-state index in [2.05, 4.69) is 10.9 Å². The smallest absolute Gasteiger partial charge is 0.267 e. The van der Waals surface area contributed by atoms with Crippen LogP contribution in [0.4, 0.5) is 0 Å². The molecule has 3 aromatic carbocycles. The van der Waals surface area contributed by atoms with E-state index in [0.717, 1.165) is 15.1 Å². The summed E-state index contributed by atoms with van der Waals surface area (Å²) in [5.41, 5.74) is 5.23. The molecule has 2 N–H and O–H groups in total. The van der Waals surface area contributed by atoms with Gasteiger partial charge < -0.3 is 0 Å². The zero-order chi connectivity index (χ0) is 20.3. The lowest BCUT2D eigenvalue weighted by Gasteiger charge is -2.13. The van der Waals surface area contributed by atoms with Crippen molar-refractivity contribution in [3.05, 3.63) is 77.9 Å². The predicted octanol–water partition coefficient (Wildman–Crippen LogP) is 2.16. The van der Waals surface area contributed by atoms with Gasteiger partial charge in [0.25, 0.3) is 11.8 Å². The summed E-state index contributed by atoms with van der Waals surface area (Å²) in [4.78, 5) is 24.8. The van der Waals surface area contributed by atoms with Gasteiger partial charge in [0.2, 0.25) is 10.0 Å². The van der Waals surface area contributed by atoms with Crippen LogP contribution in [-0.2, 0) is 10.0 Å². The second kappa shape index (κ2) is 7.79. The predicted molar refractivity (Wildman–Crippen MR) is 106 cm³/mol. The number of sulfonamides is 1. The Hall–Kier alpha value is -3.23. The number of hydrazine groups is 1. The topological polar surface area (TPSA) is 95.6 Å². The van der Waals surface area contributed by atoms with E-state index in [1.54, 1.807) is 12.1 Å². The van der Waals surface area contributed by atoms with Gasteiger partial charge in [-0.05, 0) is 35.0 Å². The third kappa shape index (κ3) is 3.88. The number of hydrogen-bond acceptors (Lipinski definition) is 4. The molecular formula is C20H19N3O4S. The van der Waals surface area contributed by atoms with Crippen LogP contribution < -0.4 is 10.9 Å². The van der Waals surface area contributed by atoms with Gasteiger partial charge in [-0.3, -0.25) is 20.4 Å². The molecule has 2 amide bonds. The minimum Gasteiger partial charge on any atom is -0.267 e. The fourth-order valence-corrected chi connectivity index (χ4v) is 3.63. The molecule has 3 aromatic rings. The largest absolute Gasteiger partial charge is 0.270 e. The molecule has 0 radical (unpaired) electrons. The number of amides is 2. The molecule has 7 nitrogen and oxygen atoms in total. The Kier molecular flexibility index (Phi) is 5.43. The van der Waals surface area contributed by atoms with Crippen molar-refractivity contribution in [3.63, 3.8) is 0 Å². The Morgan fingerprint density at radius 2 is 1.46 bits per heavy atom. The molecule has 8 heteroatoms. The van der Waals surface area contributed by atoms with Crippen LogP contribution in [0, 0.1) is 0 Å². The summed E-state index contributed by atoms with van der Waals surface area (Å²) in [7, 11) is -0.847. The highest BCUT2D eigenvalue weighted by Gasteiger charge is 2.19. The van der Waals surface area contributed by atoms with E-state index in [4.69, 9.17) is 0 Å². The maximum Gasteiger partial charge on any atom is 0.270 e. The Labute approximate surface area is 163 Å². The molecule has 28 heavy (non-hydrogen) atoms. The molecule has 0 aromatic heterocycles. The van der Waals surface area contributed by atoms with E-state index in [0.29, 0.717) is 5.56 Å². The molecule has 0 heterocycles. The zero-order valence-electron chi connectivity index (χ0n) is 15.3. The first kappa shape index (κ1) is 19.5. The molecule has 0 fully saturated rings. The molecule has 0 unspecified atom stereocenters. The average molecular weight is 397 g/mol. The monoisotopic (exact) mass is 397 g/mol. The van der Waals surface area contributed by atoms with Gasteiger partial charge >= 0.3 is 0 Å². The van der Waals surface area contributed by atoms with Crippen LogP contribution >= 0.6 is 0 Å². The zero-order valence-corrected chi connectivity index (χ0v) is 16.2. The van der Waals surface area contributed by atoms with Gasteiger partial charge in [0.05, 0.1) is 4.90 Å². The fraction of sp³-hybridized carbons (Fsp3) is 0.100. The van der Waals surface area contributed by atoms with Gasteiger partial charge in [0, 0.05) is 25.2 Å². The van der Waals surface area contributed by atoms with Crippen LogP contribution in [0.25, 0.3) is 10.8 Å². The van der Waals surface area contributed by atoms with Crippen molar-refractivity contribution in [1.29, 1.82) is 0 Å². The number of rotatable bonds is 4. The highest BCUT2D eigenvalue weighted by Crippen LogP contribution is 2.18. The summed E-state index contributed by atoms with van der Waals surface area (Å²) in [6.45, 7) is 0. The Balaban J connectivity index is 1.76. The summed E-state index contributed by atoms with van der Waals surface area (Å²) in [6, 6.07) is 18.3. The van der Waals surface area contributed by atoms with Gasteiger partial charge in [-0.2, -0.15) is 0 Å². The third-order valence-corrected chi connectivity index (χ3v) is 6.01. The van der Waals surface area contributed by atoms with Crippen molar-refractivity contribution in [1.82, 2.24) is 15.2 Å². The maximum absolute atomic E-state index is 12.5. The lowest BCUT2D eigenvalue weighted by molar-refractivity contribution is 0.0847. The Morgan fingerprint density at radius 3 is 2.21 bits per heavy atom. The van der Waals surface area contributed by atoms with Crippen molar-refractivity contribution in [2.75, 3.05) is 14.1 Å². The molecule has 0 bridgehead atoms. The summed E-state index contributed by atoms with van der Waals surface area (Å²) in [6.07, 6.45) is 0. The van der Waals surface area contributed by atoms with Crippen molar-refractivity contribution < 1.29 is 18.0 Å². The lowest BCUT2D eigenvalue weighted by Crippen LogP contribution is -2.41. The number of benzene rings is 3. The van der Waals surface area contributed by atoms with E-state index in [-0.39, 0.29) is 10.5 Å². The molecule has 0 spiro atoms. The number of carbonyl (C=O) groups excluding carboxylic acids is 2. The van der Waals surface area contributed by atoms with E-state index in [1.165, 1.54) is 38.4 Å². The highest BCUT2D eigenvalue weighted by atomic mass is 32.2. The van der Waals surface area contributed by atoms with Crippen LogP contribution in [-0.4, -0.2) is 38.6 Å². The quantitative estimate of drug-likeness (QED) is 0.660. The molecule has 144 valence electrons. The number of fused-ring (bicyclic) bond motifs is 1. The van der Waals surface area contributed by atoms with Gasteiger partial charge in [-0.15, -0.1) is 0 Å². The summed E-state index contributed by atoms with van der Waals surface area (Å²) < 4.78 is 25.5. The minimum atomic E-state index is -3.67. The highest BCUT2D eigenvalue weighted by molar-refractivity contribution is 7.89. The van der Waals surface area contributed by atoms with Crippen molar-refractivity contribution in [2.24, 2.45) is 0 Å². The summed E-state index contributed by atoms with van der Waals surface area (Å²) in [5, 5.41) is 1.67. The van der Waals surface area contributed by atoms with Crippen LogP contribution in [0.1, 0.15) is 20.7 Å². The molecule has 0 saturated carbocycles. The van der Waals surface area contributed by atoms with Crippen LogP contribution in [0.5, 0.6) is 0 Å². The van der Waals surface area contributed by atoms with E-state index >= 15 is 0 Å². The second-order valence-electron chi connectivity index (χ2n) is 6.25. The first-order valence-electron chi connectivity index (χ1n) is 8.42. The molecular weight excluding hydrogens is 378 g/mol. The van der Waals surface area contributed by atoms with Crippen molar-refractivity contribution in [3.8, 4) is 0 Å². The molecule has 0 saturated heterocycles. The van der Waals surface area contributed by atoms with E-state index in [9.17, 15) is 18.0 Å². The summed E-state index contributed by atoms with van der Waals surface area (Å²) in [5.74, 6) is -1.09. The number of nitrogens with zero attached hydrogens (tertiary/aromatic N) is 1. The van der Waals surface area contributed by atoms with E-state index < -0.39 is 21.8 Å². The van der Waals surface area contributed by atoms with Gasteiger partial charge in [0.1, 0.15) is 0 Å². The van der Waals surface area contributed by atoms with Crippen molar-refractivity contribution >= 4 is 32.6 Å². The first-order chi connectivity index (χ1) is 13.3. The average Bonchev–Trinajstić information content (AvgIpc) is 2.71. The first-order valence-corrected chi connectivity index (χ1v) is 9.86. The molecule has 0 aliphatic heterocycles. The van der Waals surface area contributed by atoms with Crippen molar-refractivity contribution in [2.45, 2.75) is 4.90 Å².